The molecule has 5 aliphatic carbocycles. The number of aromatic nitrogens is 1. The summed E-state index contributed by atoms with van der Waals surface area (Å²) >= 11 is 0. The van der Waals surface area contributed by atoms with Gasteiger partial charge in [-0.25, -0.2) is 0 Å². The molecule has 0 amide bonds. The molecule has 0 atom stereocenters. The molecule has 0 unspecified atom stereocenters. The predicted molar refractivity (Wildman–Crippen MR) is 242 cm³/mol. The fraction of sp³-hybridized carbons (Fsp3) is 0.179. The monoisotopic (exact) mass is 744 g/mol. The molecule has 2 nitrogen and oxygen atoms in total. The Hall–Kier alpha value is -6.38. The van der Waals surface area contributed by atoms with E-state index in [4.69, 9.17) is 0 Å². The second-order valence-corrected chi connectivity index (χ2v) is 17.7. The highest BCUT2D eigenvalue weighted by molar-refractivity contribution is 6.09. The van der Waals surface area contributed by atoms with E-state index in [1.165, 1.54) is 110 Å². The molecule has 0 aliphatic heterocycles. The van der Waals surface area contributed by atoms with E-state index in [0.29, 0.717) is 0 Å². The minimum absolute atomic E-state index is 0.120. The second kappa shape index (κ2) is 12.3. The smallest absolute Gasteiger partial charge is 0.0541 e. The van der Waals surface area contributed by atoms with Crippen molar-refractivity contribution in [3.8, 4) is 27.9 Å². The summed E-state index contributed by atoms with van der Waals surface area (Å²) < 4.78 is 2.39. The van der Waals surface area contributed by atoms with Gasteiger partial charge in [-0.3, -0.25) is 0 Å². The lowest BCUT2D eigenvalue weighted by atomic mass is 9.43. The zero-order valence-corrected chi connectivity index (χ0v) is 32.6. The summed E-state index contributed by atoms with van der Waals surface area (Å²) in [5.74, 6) is 3.30. The summed E-state index contributed by atoms with van der Waals surface area (Å²) in [6, 6.07) is 68.4. The van der Waals surface area contributed by atoms with Gasteiger partial charge >= 0.3 is 0 Å². The summed E-state index contributed by atoms with van der Waals surface area (Å²) in [7, 11) is 0. The van der Waals surface area contributed by atoms with Crippen LogP contribution < -0.4 is 4.90 Å². The average Bonchev–Trinajstić information content (AvgIpc) is 3.76. The normalized spacial score (nSPS) is 22.6. The number of nitrogens with zero attached hydrogens (tertiary/aromatic N) is 2. The number of benzene rings is 8. The van der Waals surface area contributed by atoms with Crippen molar-refractivity contribution >= 4 is 49.6 Å². The lowest BCUT2D eigenvalue weighted by Crippen LogP contribution is -2.55. The molecule has 0 saturated heterocycles. The SMILES string of the molecule is c1ccc2c(c1)-c1ccc(N(c3ccc(-c4ccc(-n5c6ccccc6c6ccccc65)cc4)cc3)c3cccc4ccccc34)cc1C21C2CC3CC(C2)CC1C3. The molecule has 9 aromatic rings. The van der Waals surface area contributed by atoms with Crippen molar-refractivity contribution in [2.45, 2.75) is 37.5 Å². The Morgan fingerprint density at radius 3 is 1.69 bits per heavy atom. The van der Waals surface area contributed by atoms with Crippen molar-refractivity contribution < 1.29 is 0 Å². The molecular weight excluding hydrogens is 701 g/mol. The van der Waals surface area contributed by atoms with Gasteiger partial charge in [-0.1, -0.05) is 127 Å². The van der Waals surface area contributed by atoms with Gasteiger partial charge < -0.3 is 9.47 Å². The largest absolute Gasteiger partial charge is 0.310 e. The Morgan fingerprint density at radius 2 is 0.983 bits per heavy atom. The molecule has 4 fully saturated rings. The quantitative estimate of drug-likeness (QED) is 0.170. The van der Waals surface area contributed by atoms with Gasteiger partial charge in [0.25, 0.3) is 0 Å². The van der Waals surface area contributed by atoms with Crippen molar-refractivity contribution in [3.63, 3.8) is 0 Å². The molecule has 8 aromatic carbocycles. The molecule has 4 bridgehead atoms. The lowest BCUT2D eigenvalue weighted by Gasteiger charge is -2.61. The Bertz CT molecular complexity index is 2990. The zero-order valence-electron chi connectivity index (χ0n) is 32.6. The van der Waals surface area contributed by atoms with Gasteiger partial charge in [-0.05, 0) is 149 Å². The molecule has 14 rings (SSSR count). The first-order valence-corrected chi connectivity index (χ1v) is 21.4. The Labute approximate surface area is 340 Å². The van der Waals surface area contributed by atoms with Gasteiger partial charge in [0.1, 0.15) is 0 Å². The van der Waals surface area contributed by atoms with E-state index in [1.807, 2.05) is 0 Å². The molecule has 1 aromatic heterocycles. The van der Waals surface area contributed by atoms with Crippen molar-refractivity contribution in [1.82, 2.24) is 4.57 Å². The topological polar surface area (TPSA) is 8.17 Å². The van der Waals surface area contributed by atoms with Crippen molar-refractivity contribution in [2.75, 3.05) is 4.90 Å². The second-order valence-electron chi connectivity index (χ2n) is 17.7. The van der Waals surface area contributed by atoms with Crippen LogP contribution in [0.1, 0.15) is 43.2 Å². The van der Waals surface area contributed by atoms with E-state index in [1.54, 1.807) is 11.1 Å². The van der Waals surface area contributed by atoms with Crippen LogP contribution in [0, 0.1) is 23.7 Å². The van der Waals surface area contributed by atoms with Crippen LogP contribution in [0.25, 0.3) is 60.5 Å². The summed E-state index contributed by atoms with van der Waals surface area (Å²) in [5, 5.41) is 5.10. The molecule has 2 heteroatoms. The molecule has 4 saturated carbocycles. The van der Waals surface area contributed by atoms with Crippen LogP contribution in [0.3, 0.4) is 0 Å². The average molecular weight is 745 g/mol. The zero-order chi connectivity index (χ0) is 38.0. The first kappa shape index (κ1) is 32.7. The maximum absolute atomic E-state index is 2.63. The van der Waals surface area contributed by atoms with Gasteiger partial charge in [0, 0.05) is 38.6 Å². The number of para-hydroxylation sites is 2. The van der Waals surface area contributed by atoms with E-state index in [-0.39, 0.29) is 5.41 Å². The standard InChI is InChI=1S/C56H44N2/c1-2-12-46-40(10-1)11-9-19-53(46)57(45-28-29-48-47-13-3-6-16-51(47)56(52(48)35-45)41-31-36-30-37(33-41)34-42(56)32-36)43-24-20-38(21-25-43)39-22-26-44(27-23-39)58-54-17-7-4-14-49(54)50-15-5-8-18-55(50)58/h1-29,35-37,41-42H,30-34H2. The molecular formula is C56H44N2. The number of anilines is 3. The Balaban J connectivity index is 0.926. The summed E-state index contributed by atoms with van der Waals surface area (Å²) in [6.45, 7) is 0. The minimum atomic E-state index is 0.120. The van der Waals surface area contributed by atoms with Gasteiger partial charge in [0.2, 0.25) is 0 Å². The van der Waals surface area contributed by atoms with Gasteiger partial charge in [0.05, 0.1) is 16.7 Å². The summed E-state index contributed by atoms with van der Waals surface area (Å²) in [5.41, 5.74) is 16.0. The molecule has 0 radical (unpaired) electrons. The highest BCUT2D eigenvalue weighted by Crippen LogP contribution is 2.69. The van der Waals surface area contributed by atoms with E-state index in [9.17, 15) is 0 Å². The van der Waals surface area contributed by atoms with Gasteiger partial charge in [-0.2, -0.15) is 0 Å². The summed E-state index contributed by atoms with van der Waals surface area (Å²) in [4.78, 5) is 2.53. The van der Waals surface area contributed by atoms with Crippen molar-refractivity contribution in [2.24, 2.45) is 23.7 Å². The van der Waals surface area contributed by atoms with Gasteiger partial charge in [0.15, 0.2) is 0 Å². The first-order chi connectivity index (χ1) is 28.7. The van der Waals surface area contributed by atoms with Crippen LogP contribution in [-0.2, 0) is 5.41 Å². The molecule has 278 valence electrons. The molecule has 0 N–H and O–H groups in total. The molecule has 5 aliphatic rings. The van der Waals surface area contributed by atoms with Crippen LogP contribution in [0.5, 0.6) is 0 Å². The molecule has 1 spiro atoms. The van der Waals surface area contributed by atoms with Crippen LogP contribution in [0.15, 0.2) is 182 Å². The highest BCUT2D eigenvalue weighted by Gasteiger charge is 2.61. The lowest BCUT2D eigenvalue weighted by molar-refractivity contribution is -0.0399. The van der Waals surface area contributed by atoms with Crippen molar-refractivity contribution in [3.05, 3.63) is 193 Å². The van der Waals surface area contributed by atoms with Crippen LogP contribution in [0.2, 0.25) is 0 Å². The van der Waals surface area contributed by atoms with Crippen molar-refractivity contribution in [1.29, 1.82) is 0 Å². The molecule has 58 heavy (non-hydrogen) atoms. The predicted octanol–water partition coefficient (Wildman–Crippen LogP) is 14.8. The number of fused-ring (bicyclic) bond motifs is 7. The van der Waals surface area contributed by atoms with Crippen LogP contribution in [-0.4, -0.2) is 4.57 Å². The van der Waals surface area contributed by atoms with E-state index in [2.05, 4.69) is 191 Å². The molecule has 1 heterocycles. The third kappa shape index (κ3) is 4.55. The van der Waals surface area contributed by atoms with E-state index >= 15 is 0 Å². The Kier molecular flexibility index (Phi) is 6.94. The van der Waals surface area contributed by atoms with E-state index in [0.717, 1.165) is 23.7 Å². The first-order valence-electron chi connectivity index (χ1n) is 21.4. The van der Waals surface area contributed by atoms with E-state index < -0.39 is 0 Å². The van der Waals surface area contributed by atoms with Gasteiger partial charge in [-0.15, -0.1) is 0 Å². The third-order valence-corrected chi connectivity index (χ3v) is 15.0. The van der Waals surface area contributed by atoms with Crippen LogP contribution in [0.4, 0.5) is 17.1 Å². The fourth-order valence-electron chi connectivity index (χ4n) is 12.9. The minimum Gasteiger partial charge on any atom is -0.310 e. The third-order valence-electron chi connectivity index (χ3n) is 15.0. The highest BCUT2D eigenvalue weighted by atomic mass is 15.1. The van der Waals surface area contributed by atoms with Crippen LogP contribution >= 0.6 is 0 Å². The number of hydrogen-bond donors (Lipinski definition) is 0. The number of hydrogen-bond acceptors (Lipinski definition) is 1. The fourth-order valence-corrected chi connectivity index (χ4v) is 12.9. The Morgan fingerprint density at radius 1 is 0.431 bits per heavy atom. The maximum Gasteiger partial charge on any atom is 0.0541 e. The maximum atomic E-state index is 2.63. The number of rotatable bonds is 5. The summed E-state index contributed by atoms with van der Waals surface area (Å²) in [6.07, 6.45) is 7.02.